The van der Waals surface area contributed by atoms with Gasteiger partial charge in [-0.3, -0.25) is 0 Å². The number of urea groups is 1. The summed E-state index contributed by atoms with van der Waals surface area (Å²) in [6, 6.07) is 11.8. The van der Waals surface area contributed by atoms with E-state index in [-0.39, 0.29) is 12.1 Å². The number of aromatic nitrogens is 2. The van der Waals surface area contributed by atoms with Crippen LogP contribution in [0.4, 0.5) is 4.79 Å². The third-order valence-corrected chi connectivity index (χ3v) is 5.20. The third-order valence-electron chi connectivity index (χ3n) is 5.20. The van der Waals surface area contributed by atoms with Gasteiger partial charge < -0.3 is 19.9 Å². The number of ether oxygens (including phenoxy) is 1. The molecule has 2 N–H and O–H groups in total. The Balaban J connectivity index is 1.40. The Kier molecular flexibility index (Phi) is 5.02. The van der Waals surface area contributed by atoms with E-state index >= 15 is 0 Å². The number of pyridine rings is 1. The summed E-state index contributed by atoms with van der Waals surface area (Å²) < 4.78 is 5.26. The molecule has 2 aromatic heterocycles. The maximum Gasteiger partial charge on any atom is 0.318 e. The Morgan fingerprint density at radius 3 is 3.00 bits per heavy atom. The molecule has 3 heterocycles. The monoisotopic (exact) mass is 376 g/mol. The Labute approximate surface area is 164 Å². The zero-order chi connectivity index (χ0) is 19.5. The number of amides is 2. The largest absolute Gasteiger partial charge is 0.497 e. The predicted molar refractivity (Wildman–Crippen MR) is 110 cm³/mol. The zero-order valence-corrected chi connectivity index (χ0v) is 16.1. The second kappa shape index (κ2) is 7.76. The molecule has 1 atom stereocenters. The van der Waals surface area contributed by atoms with Crippen molar-refractivity contribution in [3.05, 3.63) is 66.0 Å². The highest BCUT2D eigenvalue weighted by Gasteiger charge is 2.20. The van der Waals surface area contributed by atoms with E-state index in [1.165, 1.54) is 5.57 Å². The van der Waals surface area contributed by atoms with Crippen LogP contribution in [0.3, 0.4) is 0 Å². The first kappa shape index (κ1) is 18.1. The molecular formula is C22H24N4O2. The van der Waals surface area contributed by atoms with Crippen molar-refractivity contribution in [2.45, 2.75) is 19.4 Å². The molecule has 6 heteroatoms. The first-order valence-corrected chi connectivity index (χ1v) is 9.46. The maximum absolute atomic E-state index is 12.7. The van der Waals surface area contributed by atoms with Gasteiger partial charge in [0.05, 0.1) is 13.2 Å². The molecule has 0 fully saturated rings. The van der Waals surface area contributed by atoms with Crippen molar-refractivity contribution in [3.63, 3.8) is 0 Å². The molecule has 1 aliphatic heterocycles. The SMILES string of the molecule is COc1cccc([C@@H](C)NC(=O)N2CC=C(c3cnc4[nH]ccc4c3)CC2)c1. The van der Waals surface area contributed by atoms with Gasteiger partial charge in [-0.2, -0.15) is 0 Å². The molecule has 0 saturated carbocycles. The standard InChI is InChI=1S/C22H24N4O2/c1-15(17-4-3-5-20(13-17)28-2)25-22(27)26-10-7-16(8-11-26)19-12-18-6-9-23-21(18)24-14-19/h3-7,9,12-15H,8,10-11H2,1-2H3,(H,23,24)(H,25,27)/t15-/m1/s1. The number of nitrogens with zero attached hydrogens (tertiary/aromatic N) is 2. The van der Waals surface area contributed by atoms with Gasteiger partial charge in [-0.1, -0.05) is 18.2 Å². The lowest BCUT2D eigenvalue weighted by molar-refractivity contribution is 0.199. The van der Waals surface area contributed by atoms with Crippen LogP contribution in [0.15, 0.2) is 54.9 Å². The van der Waals surface area contributed by atoms with E-state index in [2.05, 4.69) is 27.4 Å². The molecular weight excluding hydrogens is 352 g/mol. The lowest BCUT2D eigenvalue weighted by Gasteiger charge is -2.28. The fraction of sp³-hybridized carbons (Fsp3) is 0.273. The summed E-state index contributed by atoms with van der Waals surface area (Å²) in [6.45, 7) is 3.26. The van der Waals surface area contributed by atoms with Crippen molar-refractivity contribution in [1.82, 2.24) is 20.2 Å². The van der Waals surface area contributed by atoms with Crippen molar-refractivity contribution in [2.24, 2.45) is 0 Å². The van der Waals surface area contributed by atoms with Crippen LogP contribution >= 0.6 is 0 Å². The average molecular weight is 376 g/mol. The molecule has 3 aromatic rings. The summed E-state index contributed by atoms with van der Waals surface area (Å²) in [7, 11) is 1.64. The van der Waals surface area contributed by atoms with Crippen LogP contribution in [0.1, 0.15) is 30.5 Å². The molecule has 0 bridgehead atoms. The summed E-state index contributed by atoms with van der Waals surface area (Å²) in [5.41, 5.74) is 4.27. The minimum atomic E-state index is -0.0897. The molecule has 6 nitrogen and oxygen atoms in total. The molecule has 0 aliphatic carbocycles. The number of aromatic amines is 1. The summed E-state index contributed by atoms with van der Waals surface area (Å²) in [5, 5.41) is 4.18. The Morgan fingerprint density at radius 2 is 2.21 bits per heavy atom. The van der Waals surface area contributed by atoms with Crippen molar-refractivity contribution in [2.75, 3.05) is 20.2 Å². The van der Waals surface area contributed by atoms with Gasteiger partial charge in [0.2, 0.25) is 0 Å². The van der Waals surface area contributed by atoms with Gasteiger partial charge in [0.25, 0.3) is 0 Å². The van der Waals surface area contributed by atoms with Gasteiger partial charge in [-0.25, -0.2) is 9.78 Å². The minimum Gasteiger partial charge on any atom is -0.497 e. The Hall–Kier alpha value is -3.28. The van der Waals surface area contributed by atoms with Gasteiger partial charge in [0.15, 0.2) is 0 Å². The summed E-state index contributed by atoms with van der Waals surface area (Å²) >= 11 is 0. The number of carbonyl (C=O) groups excluding carboxylic acids is 1. The van der Waals surface area contributed by atoms with E-state index in [4.69, 9.17) is 4.74 Å². The second-order valence-electron chi connectivity index (χ2n) is 7.01. The lowest BCUT2D eigenvalue weighted by atomic mass is 10.0. The Morgan fingerprint density at radius 1 is 1.32 bits per heavy atom. The number of hydrogen-bond acceptors (Lipinski definition) is 3. The van der Waals surface area contributed by atoms with Gasteiger partial charge in [-0.15, -0.1) is 0 Å². The van der Waals surface area contributed by atoms with E-state index in [0.717, 1.165) is 34.3 Å². The molecule has 144 valence electrons. The molecule has 0 radical (unpaired) electrons. The molecule has 2 amide bonds. The second-order valence-corrected chi connectivity index (χ2v) is 7.01. The van der Waals surface area contributed by atoms with Crippen LogP contribution in [0, 0.1) is 0 Å². The van der Waals surface area contributed by atoms with Gasteiger partial charge in [0, 0.05) is 30.9 Å². The van der Waals surface area contributed by atoms with Crippen LogP contribution in [0.25, 0.3) is 16.6 Å². The number of benzene rings is 1. The fourth-order valence-electron chi connectivity index (χ4n) is 3.50. The van der Waals surface area contributed by atoms with Gasteiger partial charge >= 0.3 is 6.03 Å². The molecule has 0 spiro atoms. The van der Waals surface area contributed by atoms with Gasteiger partial charge in [0.1, 0.15) is 11.4 Å². The smallest absolute Gasteiger partial charge is 0.318 e. The molecule has 4 rings (SSSR count). The summed E-state index contributed by atoms with van der Waals surface area (Å²) in [6.07, 6.45) is 6.73. The molecule has 1 aliphatic rings. The first-order chi connectivity index (χ1) is 13.6. The highest BCUT2D eigenvalue weighted by molar-refractivity contribution is 5.81. The average Bonchev–Trinajstić information content (AvgIpc) is 3.21. The van der Waals surface area contributed by atoms with Crippen LogP contribution in [-0.2, 0) is 0 Å². The van der Waals surface area contributed by atoms with Crippen molar-refractivity contribution >= 4 is 22.6 Å². The predicted octanol–water partition coefficient (Wildman–Crippen LogP) is 4.13. The number of carbonyl (C=O) groups is 1. The third kappa shape index (κ3) is 3.71. The number of hydrogen-bond donors (Lipinski definition) is 2. The molecule has 0 unspecified atom stereocenters. The van der Waals surface area contributed by atoms with E-state index in [1.807, 2.05) is 54.5 Å². The number of rotatable bonds is 4. The summed E-state index contributed by atoms with van der Waals surface area (Å²) in [5.74, 6) is 0.789. The highest BCUT2D eigenvalue weighted by atomic mass is 16.5. The molecule has 28 heavy (non-hydrogen) atoms. The van der Waals surface area contributed by atoms with E-state index < -0.39 is 0 Å². The van der Waals surface area contributed by atoms with Crippen LogP contribution in [-0.4, -0.2) is 41.1 Å². The molecule has 0 saturated heterocycles. The fourth-order valence-corrected chi connectivity index (χ4v) is 3.50. The van der Waals surface area contributed by atoms with E-state index in [9.17, 15) is 4.79 Å². The van der Waals surface area contributed by atoms with Gasteiger partial charge in [-0.05, 0) is 54.3 Å². The van der Waals surface area contributed by atoms with Crippen LogP contribution < -0.4 is 10.1 Å². The highest BCUT2D eigenvalue weighted by Crippen LogP contribution is 2.25. The maximum atomic E-state index is 12.7. The topological polar surface area (TPSA) is 70.2 Å². The van der Waals surface area contributed by atoms with Crippen LogP contribution in [0.5, 0.6) is 5.75 Å². The lowest BCUT2D eigenvalue weighted by Crippen LogP contribution is -2.43. The first-order valence-electron chi connectivity index (χ1n) is 9.46. The minimum absolute atomic E-state index is 0.0511. The van der Waals surface area contributed by atoms with Crippen molar-refractivity contribution < 1.29 is 9.53 Å². The normalized spacial score (nSPS) is 15.2. The zero-order valence-electron chi connectivity index (χ0n) is 16.1. The van der Waals surface area contributed by atoms with Crippen LogP contribution in [0.2, 0.25) is 0 Å². The number of H-pyrrole nitrogens is 1. The summed E-state index contributed by atoms with van der Waals surface area (Å²) in [4.78, 5) is 22.1. The van der Waals surface area contributed by atoms with E-state index in [0.29, 0.717) is 13.1 Å². The van der Waals surface area contributed by atoms with Crippen molar-refractivity contribution in [1.29, 1.82) is 0 Å². The number of nitrogens with one attached hydrogen (secondary N) is 2. The quantitative estimate of drug-likeness (QED) is 0.719. The van der Waals surface area contributed by atoms with E-state index in [1.54, 1.807) is 7.11 Å². The number of fused-ring (bicyclic) bond motifs is 1. The molecule has 1 aromatic carbocycles. The van der Waals surface area contributed by atoms with Crippen molar-refractivity contribution in [3.8, 4) is 5.75 Å². The Bertz CT molecular complexity index is 1020. The number of methoxy groups -OCH3 is 1.